The van der Waals surface area contributed by atoms with Crippen molar-refractivity contribution < 1.29 is 27.9 Å². The van der Waals surface area contributed by atoms with Crippen LogP contribution in [0.4, 0.5) is 13.2 Å². The van der Waals surface area contributed by atoms with Gasteiger partial charge in [-0.2, -0.15) is 13.2 Å². The Morgan fingerprint density at radius 2 is 1.89 bits per heavy atom. The standard InChI is InChI=1S/C11H10F3NO3S/c1-15(6-16)9(10(17)18)7-2-4-8(5-3-7)19-11(12,13)14/h2-6,9H,1H3,(H,17,18). The van der Waals surface area contributed by atoms with Gasteiger partial charge in [-0.15, -0.1) is 0 Å². The second kappa shape index (κ2) is 5.96. The highest BCUT2D eigenvalue weighted by Crippen LogP contribution is 2.37. The predicted octanol–water partition coefficient (Wildman–Crippen LogP) is 2.51. The third-order valence-corrected chi connectivity index (χ3v) is 2.98. The number of hydrogen-bond acceptors (Lipinski definition) is 3. The van der Waals surface area contributed by atoms with Crippen molar-refractivity contribution in [2.75, 3.05) is 7.05 Å². The number of benzene rings is 1. The van der Waals surface area contributed by atoms with E-state index in [0.29, 0.717) is 6.41 Å². The highest BCUT2D eigenvalue weighted by molar-refractivity contribution is 8.00. The summed E-state index contributed by atoms with van der Waals surface area (Å²) < 4.78 is 36.4. The van der Waals surface area contributed by atoms with Crippen molar-refractivity contribution in [3.05, 3.63) is 29.8 Å². The van der Waals surface area contributed by atoms with E-state index < -0.39 is 17.5 Å². The van der Waals surface area contributed by atoms with E-state index in [9.17, 15) is 22.8 Å². The molecule has 0 aliphatic rings. The van der Waals surface area contributed by atoms with Crippen molar-refractivity contribution in [2.24, 2.45) is 0 Å². The molecule has 1 aromatic carbocycles. The number of carboxylic acid groups (broad SMARTS) is 1. The number of nitrogens with zero attached hydrogens (tertiary/aromatic N) is 1. The molecule has 1 atom stereocenters. The van der Waals surface area contributed by atoms with Gasteiger partial charge in [-0.3, -0.25) is 4.79 Å². The van der Waals surface area contributed by atoms with Crippen LogP contribution in [0.15, 0.2) is 29.2 Å². The number of carbonyl (C=O) groups excluding carboxylic acids is 1. The van der Waals surface area contributed by atoms with Gasteiger partial charge in [-0.1, -0.05) is 12.1 Å². The SMILES string of the molecule is CN(C=O)C(C(=O)O)c1ccc(SC(F)(F)F)cc1. The van der Waals surface area contributed by atoms with Gasteiger partial charge >= 0.3 is 11.5 Å². The van der Waals surface area contributed by atoms with Crippen molar-refractivity contribution in [3.63, 3.8) is 0 Å². The van der Waals surface area contributed by atoms with Gasteiger partial charge in [0.05, 0.1) is 0 Å². The number of thioether (sulfide) groups is 1. The first-order chi connectivity index (χ1) is 8.74. The van der Waals surface area contributed by atoms with Crippen LogP contribution in [0.2, 0.25) is 0 Å². The van der Waals surface area contributed by atoms with Gasteiger partial charge in [0.25, 0.3) is 0 Å². The molecular weight excluding hydrogens is 283 g/mol. The Morgan fingerprint density at radius 3 is 2.26 bits per heavy atom. The van der Waals surface area contributed by atoms with Gasteiger partial charge in [-0.05, 0) is 29.5 Å². The Kier molecular flexibility index (Phi) is 4.82. The van der Waals surface area contributed by atoms with Crippen molar-refractivity contribution in [1.82, 2.24) is 4.90 Å². The molecule has 0 heterocycles. The van der Waals surface area contributed by atoms with Crippen LogP contribution in [0, 0.1) is 0 Å². The zero-order valence-corrected chi connectivity index (χ0v) is 10.5. The molecule has 19 heavy (non-hydrogen) atoms. The van der Waals surface area contributed by atoms with E-state index in [-0.39, 0.29) is 22.2 Å². The number of likely N-dealkylation sites (N-methyl/N-ethyl adjacent to an activating group) is 1. The molecule has 0 fully saturated rings. The number of carbonyl (C=O) groups is 2. The molecule has 0 aliphatic carbocycles. The van der Waals surface area contributed by atoms with Crippen LogP contribution < -0.4 is 0 Å². The van der Waals surface area contributed by atoms with E-state index in [1.807, 2.05) is 0 Å². The monoisotopic (exact) mass is 293 g/mol. The summed E-state index contributed by atoms with van der Waals surface area (Å²) in [6.07, 6.45) is 0.344. The number of hydrogen-bond donors (Lipinski definition) is 1. The summed E-state index contributed by atoms with van der Waals surface area (Å²) in [6, 6.07) is 3.63. The van der Waals surface area contributed by atoms with Crippen molar-refractivity contribution in [2.45, 2.75) is 16.4 Å². The third-order valence-electron chi connectivity index (χ3n) is 2.24. The number of amides is 1. The minimum absolute atomic E-state index is 0.0471. The minimum atomic E-state index is -4.40. The predicted molar refractivity (Wildman–Crippen MR) is 62.6 cm³/mol. The van der Waals surface area contributed by atoms with E-state index >= 15 is 0 Å². The number of alkyl halides is 3. The molecule has 104 valence electrons. The van der Waals surface area contributed by atoms with Crippen LogP contribution >= 0.6 is 11.8 Å². The molecule has 0 bridgehead atoms. The first-order valence-corrected chi connectivity index (χ1v) is 5.82. The molecule has 8 heteroatoms. The second-order valence-electron chi connectivity index (χ2n) is 3.63. The fourth-order valence-corrected chi connectivity index (χ4v) is 2.00. The Bertz CT molecular complexity index is 461. The maximum Gasteiger partial charge on any atom is 0.446 e. The van der Waals surface area contributed by atoms with Gasteiger partial charge in [0.1, 0.15) is 0 Å². The summed E-state index contributed by atoms with van der Waals surface area (Å²) in [7, 11) is 1.28. The van der Waals surface area contributed by atoms with Gasteiger partial charge in [0.15, 0.2) is 6.04 Å². The molecule has 0 radical (unpaired) electrons. The molecule has 1 amide bonds. The lowest BCUT2D eigenvalue weighted by atomic mass is 10.1. The average Bonchev–Trinajstić information content (AvgIpc) is 2.29. The summed E-state index contributed by atoms with van der Waals surface area (Å²) in [6.45, 7) is 0. The van der Waals surface area contributed by atoms with E-state index in [1.165, 1.54) is 31.3 Å². The summed E-state index contributed by atoms with van der Waals surface area (Å²) in [5, 5.41) is 9.00. The van der Waals surface area contributed by atoms with Crippen LogP contribution in [0.3, 0.4) is 0 Å². The second-order valence-corrected chi connectivity index (χ2v) is 4.77. The van der Waals surface area contributed by atoms with Gasteiger partial charge in [0.2, 0.25) is 6.41 Å². The maximum atomic E-state index is 12.1. The zero-order chi connectivity index (χ0) is 14.6. The number of aliphatic carboxylic acids is 1. The molecule has 0 saturated carbocycles. The molecular formula is C11H10F3NO3S. The molecule has 0 aromatic heterocycles. The summed E-state index contributed by atoms with van der Waals surface area (Å²) in [5.74, 6) is -1.26. The van der Waals surface area contributed by atoms with Crippen molar-refractivity contribution in [3.8, 4) is 0 Å². The first-order valence-electron chi connectivity index (χ1n) is 5.00. The molecule has 1 rings (SSSR count). The third kappa shape index (κ3) is 4.47. The number of rotatable bonds is 5. The Labute approximate surface area is 111 Å². The van der Waals surface area contributed by atoms with E-state index in [0.717, 1.165) is 4.90 Å². The molecule has 1 unspecified atom stereocenters. The molecule has 1 N–H and O–H groups in total. The number of halogens is 3. The van der Waals surface area contributed by atoms with E-state index in [1.54, 1.807) is 0 Å². The normalized spacial score (nSPS) is 12.8. The average molecular weight is 293 g/mol. The highest BCUT2D eigenvalue weighted by atomic mass is 32.2. The quantitative estimate of drug-likeness (QED) is 0.669. The fraction of sp³-hybridized carbons (Fsp3) is 0.273. The summed E-state index contributed by atoms with van der Waals surface area (Å²) in [4.78, 5) is 22.5. The topological polar surface area (TPSA) is 57.6 Å². The van der Waals surface area contributed by atoms with Gasteiger partial charge in [0, 0.05) is 11.9 Å². The minimum Gasteiger partial charge on any atom is -0.479 e. The zero-order valence-electron chi connectivity index (χ0n) is 9.72. The lowest BCUT2D eigenvalue weighted by Gasteiger charge is -2.20. The smallest absolute Gasteiger partial charge is 0.446 e. The van der Waals surface area contributed by atoms with Crippen LogP contribution in [0.25, 0.3) is 0 Å². The van der Waals surface area contributed by atoms with Crippen LogP contribution in [-0.4, -0.2) is 34.9 Å². The summed E-state index contributed by atoms with van der Waals surface area (Å²) >= 11 is -0.287. The van der Waals surface area contributed by atoms with E-state index in [2.05, 4.69) is 0 Å². The Morgan fingerprint density at radius 1 is 1.37 bits per heavy atom. The summed E-state index contributed by atoms with van der Waals surface area (Å²) in [5.41, 5.74) is -4.17. The van der Waals surface area contributed by atoms with Gasteiger partial charge < -0.3 is 10.0 Å². The highest BCUT2D eigenvalue weighted by Gasteiger charge is 2.29. The molecule has 0 saturated heterocycles. The molecule has 1 aromatic rings. The maximum absolute atomic E-state index is 12.1. The Balaban J connectivity index is 2.96. The fourth-order valence-electron chi connectivity index (χ4n) is 1.46. The first kappa shape index (κ1) is 15.4. The molecule has 0 spiro atoms. The van der Waals surface area contributed by atoms with E-state index in [4.69, 9.17) is 5.11 Å². The van der Waals surface area contributed by atoms with Crippen LogP contribution in [0.1, 0.15) is 11.6 Å². The van der Waals surface area contributed by atoms with Gasteiger partial charge in [-0.25, -0.2) is 4.79 Å². The van der Waals surface area contributed by atoms with Crippen LogP contribution in [-0.2, 0) is 9.59 Å². The number of carboxylic acids is 1. The van der Waals surface area contributed by atoms with Crippen LogP contribution in [0.5, 0.6) is 0 Å². The molecule has 4 nitrogen and oxygen atoms in total. The molecule has 0 aliphatic heterocycles. The lowest BCUT2D eigenvalue weighted by molar-refractivity contribution is -0.145. The van der Waals surface area contributed by atoms with Crippen molar-refractivity contribution in [1.29, 1.82) is 0 Å². The lowest BCUT2D eigenvalue weighted by Crippen LogP contribution is -2.29. The largest absolute Gasteiger partial charge is 0.479 e. The van der Waals surface area contributed by atoms with Crippen molar-refractivity contribution >= 4 is 24.1 Å². The Hall–Kier alpha value is -1.70.